The summed E-state index contributed by atoms with van der Waals surface area (Å²) in [5.41, 5.74) is 4.60. The van der Waals surface area contributed by atoms with Gasteiger partial charge in [0.1, 0.15) is 0 Å². The topological polar surface area (TPSA) is 39.6 Å². The second-order valence-electron chi connectivity index (χ2n) is 4.06. The Morgan fingerprint density at radius 3 is 2.73 bits per heavy atom. The maximum absolute atomic E-state index is 8.98. The van der Waals surface area contributed by atoms with E-state index in [4.69, 9.17) is 5.26 Å². The van der Waals surface area contributed by atoms with Crippen LogP contribution in [0.4, 0.5) is 0 Å². The van der Waals surface area contributed by atoms with Crippen LogP contribution in [0.15, 0.2) is 18.2 Å². The average molecular weight is 198 g/mol. The van der Waals surface area contributed by atoms with Crippen molar-refractivity contribution in [1.82, 2.24) is 4.98 Å². The molecule has 1 unspecified atom stereocenters. The number of hydrogen-bond donors (Lipinski definition) is 1. The van der Waals surface area contributed by atoms with Gasteiger partial charge in [0, 0.05) is 16.6 Å². The number of nitriles is 1. The molecule has 1 atom stereocenters. The van der Waals surface area contributed by atoms with E-state index in [2.05, 4.69) is 36.2 Å². The molecule has 76 valence electrons. The normalized spacial score (nSPS) is 12.7. The highest BCUT2D eigenvalue weighted by Gasteiger charge is 2.13. The summed E-state index contributed by atoms with van der Waals surface area (Å²) >= 11 is 0. The molecule has 2 nitrogen and oxygen atoms in total. The Morgan fingerprint density at radius 1 is 1.33 bits per heavy atom. The molecule has 15 heavy (non-hydrogen) atoms. The third-order valence-electron chi connectivity index (χ3n) is 2.82. The van der Waals surface area contributed by atoms with E-state index in [1.165, 1.54) is 10.9 Å². The van der Waals surface area contributed by atoms with Gasteiger partial charge in [-0.2, -0.15) is 5.26 Å². The molecule has 1 aromatic carbocycles. The molecule has 2 heteroatoms. The minimum Gasteiger partial charge on any atom is -0.358 e. The van der Waals surface area contributed by atoms with Crippen molar-refractivity contribution in [2.24, 2.45) is 0 Å². The zero-order chi connectivity index (χ0) is 11.0. The summed E-state index contributed by atoms with van der Waals surface area (Å²) < 4.78 is 0. The molecule has 2 rings (SSSR count). The quantitative estimate of drug-likeness (QED) is 0.749. The number of H-pyrrole nitrogens is 1. The summed E-state index contributed by atoms with van der Waals surface area (Å²) in [5.74, 6) is -0.0542. The first-order valence-corrected chi connectivity index (χ1v) is 5.12. The van der Waals surface area contributed by atoms with E-state index in [-0.39, 0.29) is 5.92 Å². The fourth-order valence-corrected chi connectivity index (χ4v) is 2.09. The molecule has 1 aromatic heterocycles. The number of aromatic nitrogens is 1. The molecule has 1 N–H and O–H groups in total. The van der Waals surface area contributed by atoms with Crippen molar-refractivity contribution < 1.29 is 0 Å². The fraction of sp³-hybridized carbons (Fsp3) is 0.308. The maximum atomic E-state index is 8.98. The Kier molecular flexibility index (Phi) is 2.24. The Hall–Kier alpha value is -1.75. The SMILES string of the molecule is Cc1ccc2c(C(C)C#N)c(C)[nH]c2c1. The number of aromatic amines is 1. The number of fused-ring (bicyclic) bond motifs is 1. The fourth-order valence-electron chi connectivity index (χ4n) is 2.09. The number of benzene rings is 1. The first-order chi connectivity index (χ1) is 7.13. The molecule has 0 radical (unpaired) electrons. The maximum Gasteiger partial charge on any atom is 0.0708 e. The molecular weight excluding hydrogens is 184 g/mol. The van der Waals surface area contributed by atoms with Crippen LogP contribution in [0.2, 0.25) is 0 Å². The largest absolute Gasteiger partial charge is 0.358 e. The van der Waals surface area contributed by atoms with E-state index in [0.29, 0.717) is 0 Å². The molecule has 0 aliphatic rings. The van der Waals surface area contributed by atoms with Gasteiger partial charge in [0.15, 0.2) is 0 Å². The molecular formula is C13H14N2. The number of aryl methyl sites for hydroxylation is 2. The van der Waals surface area contributed by atoms with Crippen LogP contribution in [0.3, 0.4) is 0 Å². The third-order valence-corrected chi connectivity index (χ3v) is 2.82. The molecule has 0 spiro atoms. The van der Waals surface area contributed by atoms with Gasteiger partial charge in [-0.05, 0) is 38.0 Å². The van der Waals surface area contributed by atoms with E-state index in [9.17, 15) is 0 Å². The van der Waals surface area contributed by atoms with Crippen LogP contribution in [-0.4, -0.2) is 4.98 Å². The smallest absolute Gasteiger partial charge is 0.0708 e. The van der Waals surface area contributed by atoms with Gasteiger partial charge in [-0.25, -0.2) is 0 Å². The zero-order valence-corrected chi connectivity index (χ0v) is 9.26. The summed E-state index contributed by atoms with van der Waals surface area (Å²) in [5, 5.41) is 10.2. The predicted octanol–water partition coefficient (Wildman–Crippen LogP) is 3.41. The Morgan fingerprint density at radius 2 is 2.07 bits per heavy atom. The van der Waals surface area contributed by atoms with E-state index in [1.54, 1.807) is 0 Å². The molecule has 0 aliphatic carbocycles. The first-order valence-electron chi connectivity index (χ1n) is 5.12. The van der Waals surface area contributed by atoms with Gasteiger partial charge in [-0.15, -0.1) is 0 Å². The Bertz CT molecular complexity index is 543. The van der Waals surface area contributed by atoms with Crippen molar-refractivity contribution in [2.75, 3.05) is 0 Å². The number of rotatable bonds is 1. The molecule has 0 saturated heterocycles. The summed E-state index contributed by atoms with van der Waals surface area (Å²) in [6.07, 6.45) is 0. The standard InChI is InChI=1S/C13H14N2/c1-8-4-5-11-12(6-8)15-10(3)13(11)9(2)7-14/h4-6,9,15H,1-3H3. The summed E-state index contributed by atoms with van der Waals surface area (Å²) in [6, 6.07) is 8.60. The van der Waals surface area contributed by atoms with Gasteiger partial charge in [-0.3, -0.25) is 0 Å². The van der Waals surface area contributed by atoms with Crippen LogP contribution in [0, 0.1) is 25.2 Å². The highest BCUT2D eigenvalue weighted by atomic mass is 14.7. The van der Waals surface area contributed by atoms with Crippen molar-refractivity contribution in [3.05, 3.63) is 35.0 Å². The molecule has 0 bridgehead atoms. The summed E-state index contributed by atoms with van der Waals surface area (Å²) in [7, 11) is 0. The van der Waals surface area contributed by atoms with Crippen LogP contribution in [0.5, 0.6) is 0 Å². The summed E-state index contributed by atoms with van der Waals surface area (Å²) in [4.78, 5) is 3.33. The first kappa shape index (κ1) is 9.79. The van der Waals surface area contributed by atoms with Crippen molar-refractivity contribution >= 4 is 10.9 Å². The van der Waals surface area contributed by atoms with Crippen molar-refractivity contribution in [3.63, 3.8) is 0 Å². The van der Waals surface area contributed by atoms with Gasteiger partial charge in [-0.1, -0.05) is 12.1 Å². The summed E-state index contributed by atoms with van der Waals surface area (Å²) in [6.45, 7) is 6.04. The number of nitrogens with one attached hydrogen (secondary N) is 1. The highest BCUT2D eigenvalue weighted by Crippen LogP contribution is 2.28. The lowest BCUT2D eigenvalue weighted by Crippen LogP contribution is -1.90. The second-order valence-corrected chi connectivity index (χ2v) is 4.06. The van der Waals surface area contributed by atoms with Crippen molar-refractivity contribution in [1.29, 1.82) is 5.26 Å². The van der Waals surface area contributed by atoms with Gasteiger partial charge < -0.3 is 4.98 Å². The van der Waals surface area contributed by atoms with E-state index in [0.717, 1.165) is 16.8 Å². The minimum atomic E-state index is -0.0542. The Labute approximate surface area is 89.5 Å². The van der Waals surface area contributed by atoms with Crippen molar-refractivity contribution in [3.8, 4) is 6.07 Å². The molecule has 1 heterocycles. The minimum absolute atomic E-state index is 0.0542. The lowest BCUT2D eigenvalue weighted by atomic mass is 9.99. The average Bonchev–Trinajstić information content (AvgIpc) is 2.52. The van der Waals surface area contributed by atoms with Gasteiger partial charge in [0.2, 0.25) is 0 Å². The van der Waals surface area contributed by atoms with Gasteiger partial charge in [0.25, 0.3) is 0 Å². The van der Waals surface area contributed by atoms with Gasteiger partial charge >= 0.3 is 0 Å². The molecule has 0 saturated carbocycles. The monoisotopic (exact) mass is 198 g/mol. The van der Waals surface area contributed by atoms with Crippen LogP contribution in [0.25, 0.3) is 10.9 Å². The zero-order valence-electron chi connectivity index (χ0n) is 9.26. The highest BCUT2D eigenvalue weighted by molar-refractivity contribution is 5.86. The molecule has 0 amide bonds. The Balaban J connectivity index is 2.75. The van der Waals surface area contributed by atoms with Crippen LogP contribution in [-0.2, 0) is 0 Å². The van der Waals surface area contributed by atoms with Crippen molar-refractivity contribution in [2.45, 2.75) is 26.7 Å². The predicted molar refractivity (Wildman–Crippen MR) is 61.8 cm³/mol. The van der Waals surface area contributed by atoms with Gasteiger partial charge in [0.05, 0.1) is 12.0 Å². The van der Waals surface area contributed by atoms with Crippen LogP contribution in [0.1, 0.15) is 29.7 Å². The molecule has 0 fully saturated rings. The van der Waals surface area contributed by atoms with E-state index >= 15 is 0 Å². The van der Waals surface area contributed by atoms with Crippen LogP contribution >= 0.6 is 0 Å². The molecule has 0 aliphatic heterocycles. The van der Waals surface area contributed by atoms with E-state index in [1.807, 2.05) is 13.8 Å². The number of nitrogens with zero attached hydrogens (tertiary/aromatic N) is 1. The van der Waals surface area contributed by atoms with E-state index < -0.39 is 0 Å². The lowest BCUT2D eigenvalue weighted by Gasteiger charge is -2.02. The van der Waals surface area contributed by atoms with Crippen LogP contribution < -0.4 is 0 Å². The number of hydrogen-bond acceptors (Lipinski definition) is 1. The third kappa shape index (κ3) is 1.50. The second kappa shape index (κ2) is 3.43. The molecule has 2 aromatic rings. The lowest BCUT2D eigenvalue weighted by molar-refractivity contribution is 0.973.